The number of hydrogen-bond acceptors (Lipinski definition) is 1. The molecule has 0 aliphatic heterocycles. The molecule has 4 heteroatoms. The van der Waals surface area contributed by atoms with Gasteiger partial charge in [-0.1, -0.05) is 51.8 Å². The van der Waals surface area contributed by atoms with Gasteiger partial charge in [-0.2, -0.15) is 0 Å². The third-order valence-electron chi connectivity index (χ3n) is 3.19. The number of fused-ring (bicyclic) bond motifs is 1. The first-order valence-electron chi connectivity index (χ1n) is 6.38. The molecule has 106 valence electrons. The van der Waals surface area contributed by atoms with Gasteiger partial charge in [-0.15, -0.1) is 0 Å². The van der Waals surface area contributed by atoms with Gasteiger partial charge < -0.3 is 4.74 Å². The summed E-state index contributed by atoms with van der Waals surface area (Å²) in [4.78, 5) is 0. The molecule has 0 radical (unpaired) electrons. The van der Waals surface area contributed by atoms with Crippen LogP contribution in [0.25, 0.3) is 10.8 Å². The molecule has 0 saturated heterocycles. The summed E-state index contributed by atoms with van der Waals surface area (Å²) >= 11 is 13.0. The summed E-state index contributed by atoms with van der Waals surface area (Å²) in [6.07, 6.45) is 0. The van der Waals surface area contributed by atoms with E-state index < -0.39 is 0 Å². The third kappa shape index (κ3) is 3.42. The maximum Gasteiger partial charge on any atom is 0.134 e. The van der Waals surface area contributed by atoms with Gasteiger partial charge in [-0.3, -0.25) is 0 Å². The first kappa shape index (κ1) is 14.9. The zero-order chi connectivity index (χ0) is 14.8. The maximum atomic E-state index is 5.90. The minimum Gasteiger partial charge on any atom is -0.488 e. The lowest BCUT2D eigenvalue weighted by Gasteiger charge is -2.11. The molecule has 1 nitrogen and oxygen atoms in total. The minimum absolute atomic E-state index is 0.512. The predicted octanol–water partition coefficient (Wildman–Crippen LogP) is 6.60. The Hall–Kier alpha value is -1.03. The molecule has 0 fully saturated rings. The molecule has 3 aromatic rings. The highest BCUT2D eigenvalue weighted by Gasteiger charge is 2.07. The van der Waals surface area contributed by atoms with Gasteiger partial charge in [-0.05, 0) is 62.6 Å². The molecule has 0 N–H and O–H groups in total. The van der Waals surface area contributed by atoms with Crippen LogP contribution in [0.1, 0.15) is 5.56 Å². The van der Waals surface area contributed by atoms with E-state index in [1.165, 1.54) is 0 Å². The number of hydrogen-bond donors (Lipinski definition) is 0. The second-order valence-electron chi connectivity index (χ2n) is 4.66. The summed E-state index contributed by atoms with van der Waals surface area (Å²) < 4.78 is 7.94. The van der Waals surface area contributed by atoms with Crippen molar-refractivity contribution in [3.63, 3.8) is 0 Å². The summed E-state index contributed by atoms with van der Waals surface area (Å²) in [6, 6.07) is 17.9. The summed E-state index contributed by atoms with van der Waals surface area (Å²) in [5.41, 5.74) is 1.09. The topological polar surface area (TPSA) is 9.23 Å². The van der Waals surface area contributed by atoms with Crippen LogP contribution in [0.2, 0.25) is 5.02 Å². The SMILES string of the molecule is Clc1ccc(COc2ccc3cc(Br)ccc3c2Br)cc1. The van der Waals surface area contributed by atoms with Gasteiger partial charge in [0.25, 0.3) is 0 Å². The largest absolute Gasteiger partial charge is 0.488 e. The van der Waals surface area contributed by atoms with Gasteiger partial charge in [0.1, 0.15) is 12.4 Å². The molecule has 0 amide bonds. The van der Waals surface area contributed by atoms with E-state index in [2.05, 4.69) is 50.1 Å². The van der Waals surface area contributed by atoms with E-state index in [0.29, 0.717) is 6.61 Å². The molecular weight excluding hydrogens is 415 g/mol. The van der Waals surface area contributed by atoms with Gasteiger partial charge in [0.2, 0.25) is 0 Å². The van der Waals surface area contributed by atoms with Gasteiger partial charge in [0, 0.05) is 9.50 Å². The Bertz CT molecular complexity index is 785. The van der Waals surface area contributed by atoms with Crippen molar-refractivity contribution in [2.75, 3.05) is 0 Å². The van der Waals surface area contributed by atoms with E-state index in [9.17, 15) is 0 Å². The zero-order valence-electron chi connectivity index (χ0n) is 10.9. The van der Waals surface area contributed by atoms with Crippen molar-refractivity contribution in [3.8, 4) is 5.75 Å². The van der Waals surface area contributed by atoms with Gasteiger partial charge in [0.15, 0.2) is 0 Å². The third-order valence-corrected chi connectivity index (χ3v) is 4.75. The molecular formula is C17H11Br2ClO. The monoisotopic (exact) mass is 424 g/mol. The molecule has 0 aromatic heterocycles. The molecule has 0 spiro atoms. The van der Waals surface area contributed by atoms with Gasteiger partial charge in [0.05, 0.1) is 4.47 Å². The molecule has 0 aliphatic rings. The molecule has 21 heavy (non-hydrogen) atoms. The molecule has 0 saturated carbocycles. The smallest absolute Gasteiger partial charge is 0.134 e. The summed E-state index contributed by atoms with van der Waals surface area (Å²) in [7, 11) is 0. The first-order valence-corrected chi connectivity index (χ1v) is 8.35. The second kappa shape index (κ2) is 6.39. The number of benzene rings is 3. The minimum atomic E-state index is 0.512. The normalized spacial score (nSPS) is 10.8. The van der Waals surface area contributed by atoms with Crippen LogP contribution < -0.4 is 4.74 Å². The van der Waals surface area contributed by atoms with Crippen LogP contribution in [0, 0.1) is 0 Å². The van der Waals surface area contributed by atoms with E-state index in [-0.39, 0.29) is 0 Å². The van der Waals surface area contributed by atoms with Crippen LogP contribution in [0.15, 0.2) is 63.5 Å². The molecule has 0 heterocycles. The molecule has 0 bridgehead atoms. The van der Waals surface area contributed by atoms with E-state index >= 15 is 0 Å². The van der Waals surface area contributed by atoms with Crippen molar-refractivity contribution in [1.82, 2.24) is 0 Å². The van der Waals surface area contributed by atoms with Crippen LogP contribution in [0.3, 0.4) is 0 Å². The Morgan fingerprint density at radius 1 is 0.905 bits per heavy atom. The lowest BCUT2D eigenvalue weighted by molar-refractivity contribution is 0.305. The van der Waals surface area contributed by atoms with Crippen molar-refractivity contribution >= 4 is 54.2 Å². The highest BCUT2D eigenvalue weighted by Crippen LogP contribution is 2.34. The van der Waals surface area contributed by atoms with E-state index in [1.54, 1.807) is 0 Å². The second-order valence-corrected chi connectivity index (χ2v) is 6.80. The molecule has 3 rings (SSSR count). The van der Waals surface area contributed by atoms with Crippen molar-refractivity contribution < 1.29 is 4.74 Å². The molecule has 0 unspecified atom stereocenters. The molecule has 3 aromatic carbocycles. The number of halogens is 3. The Morgan fingerprint density at radius 2 is 1.67 bits per heavy atom. The molecule has 0 atom stereocenters. The Labute approximate surface area is 145 Å². The van der Waals surface area contributed by atoms with Crippen LogP contribution in [-0.2, 0) is 6.61 Å². The fraction of sp³-hybridized carbons (Fsp3) is 0.0588. The highest BCUT2D eigenvalue weighted by atomic mass is 79.9. The lowest BCUT2D eigenvalue weighted by Crippen LogP contribution is -1.96. The first-order chi connectivity index (χ1) is 10.1. The van der Waals surface area contributed by atoms with Crippen LogP contribution >= 0.6 is 43.5 Å². The summed E-state index contributed by atoms with van der Waals surface area (Å²) in [5.74, 6) is 0.833. The van der Waals surface area contributed by atoms with Crippen molar-refractivity contribution in [3.05, 3.63) is 74.1 Å². The fourth-order valence-electron chi connectivity index (χ4n) is 2.10. The zero-order valence-corrected chi connectivity index (χ0v) is 14.9. The Balaban J connectivity index is 1.85. The Kier molecular flexibility index (Phi) is 4.53. The van der Waals surface area contributed by atoms with E-state index in [0.717, 1.165) is 36.1 Å². The fourth-order valence-corrected chi connectivity index (χ4v) is 3.21. The van der Waals surface area contributed by atoms with Crippen molar-refractivity contribution in [1.29, 1.82) is 0 Å². The van der Waals surface area contributed by atoms with Gasteiger partial charge >= 0.3 is 0 Å². The van der Waals surface area contributed by atoms with Gasteiger partial charge in [-0.25, -0.2) is 0 Å². The van der Waals surface area contributed by atoms with E-state index in [4.69, 9.17) is 16.3 Å². The quantitative estimate of drug-likeness (QED) is 0.459. The molecule has 0 aliphatic carbocycles. The predicted molar refractivity (Wildman–Crippen MR) is 95.1 cm³/mol. The average Bonchev–Trinajstić information content (AvgIpc) is 2.48. The van der Waals surface area contributed by atoms with Crippen LogP contribution in [0.5, 0.6) is 5.75 Å². The summed E-state index contributed by atoms with van der Waals surface area (Å²) in [6.45, 7) is 0.512. The van der Waals surface area contributed by atoms with E-state index in [1.807, 2.05) is 36.4 Å². The standard InChI is InChI=1S/C17H11Br2ClO/c18-13-4-7-15-12(9-13)3-8-16(17(15)19)21-10-11-1-5-14(20)6-2-11/h1-9H,10H2. The van der Waals surface area contributed by atoms with Crippen LogP contribution in [0.4, 0.5) is 0 Å². The number of ether oxygens (including phenoxy) is 1. The average molecular weight is 427 g/mol. The highest BCUT2D eigenvalue weighted by molar-refractivity contribution is 9.11. The summed E-state index contributed by atoms with van der Waals surface area (Å²) in [5, 5.41) is 3.03. The van der Waals surface area contributed by atoms with Crippen molar-refractivity contribution in [2.24, 2.45) is 0 Å². The lowest BCUT2D eigenvalue weighted by atomic mass is 10.1. The maximum absolute atomic E-state index is 5.90. The van der Waals surface area contributed by atoms with Crippen LogP contribution in [-0.4, -0.2) is 0 Å². The number of rotatable bonds is 3. The van der Waals surface area contributed by atoms with Crippen molar-refractivity contribution in [2.45, 2.75) is 6.61 Å². The Morgan fingerprint density at radius 3 is 2.43 bits per heavy atom.